The minimum absolute atomic E-state index is 0.123. The number of hydrogen-bond donors (Lipinski definition) is 2. The summed E-state index contributed by atoms with van der Waals surface area (Å²) in [6.45, 7) is 3.32. The van der Waals surface area contributed by atoms with Crippen LogP contribution in [-0.4, -0.2) is 36.7 Å². The zero-order valence-electron chi connectivity index (χ0n) is 11.7. The molecule has 1 fully saturated rings. The van der Waals surface area contributed by atoms with Crippen LogP contribution in [0.2, 0.25) is 0 Å². The van der Waals surface area contributed by atoms with E-state index in [1.807, 2.05) is 6.92 Å². The Morgan fingerprint density at radius 3 is 2.47 bits per heavy atom. The first kappa shape index (κ1) is 16.0. The van der Waals surface area contributed by atoms with Gasteiger partial charge in [0.1, 0.15) is 0 Å². The van der Waals surface area contributed by atoms with Crippen LogP contribution in [0.25, 0.3) is 0 Å². The topological polar surface area (TPSA) is 75.6 Å². The van der Waals surface area contributed by atoms with Gasteiger partial charge in [-0.2, -0.15) is 0 Å². The molecular weight excluding hydrogens is 246 g/mol. The molecule has 0 aromatic carbocycles. The van der Waals surface area contributed by atoms with Crippen LogP contribution in [0.1, 0.15) is 51.9 Å². The number of rotatable bonds is 8. The molecule has 19 heavy (non-hydrogen) atoms. The lowest BCUT2D eigenvalue weighted by Crippen LogP contribution is -2.44. The highest BCUT2D eigenvalue weighted by atomic mass is 16.5. The molecule has 0 heterocycles. The molecule has 1 aliphatic carbocycles. The van der Waals surface area contributed by atoms with Gasteiger partial charge in [-0.05, 0) is 19.3 Å². The number of hydrogen-bond acceptors (Lipinski definition) is 3. The van der Waals surface area contributed by atoms with Crippen molar-refractivity contribution >= 4 is 11.9 Å². The molecule has 0 aromatic heterocycles. The van der Waals surface area contributed by atoms with Crippen molar-refractivity contribution in [1.82, 2.24) is 5.32 Å². The molecule has 0 aliphatic heterocycles. The summed E-state index contributed by atoms with van der Waals surface area (Å²) in [6, 6.07) is 0. The van der Waals surface area contributed by atoms with E-state index < -0.39 is 11.4 Å². The van der Waals surface area contributed by atoms with Gasteiger partial charge >= 0.3 is 5.97 Å². The highest BCUT2D eigenvalue weighted by Crippen LogP contribution is 2.35. The van der Waals surface area contributed by atoms with Crippen LogP contribution >= 0.6 is 0 Å². The minimum Gasteiger partial charge on any atom is -0.481 e. The molecule has 0 bridgehead atoms. The zero-order valence-corrected chi connectivity index (χ0v) is 11.7. The number of ether oxygens (including phenoxy) is 1. The second kappa shape index (κ2) is 8.15. The summed E-state index contributed by atoms with van der Waals surface area (Å²) in [5, 5.41) is 12.1. The van der Waals surface area contributed by atoms with Gasteiger partial charge in [-0.1, -0.05) is 26.2 Å². The lowest BCUT2D eigenvalue weighted by Gasteiger charge is -2.33. The second-order valence-electron chi connectivity index (χ2n) is 5.29. The van der Waals surface area contributed by atoms with Crippen molar-refractivity contribution in [2.75, 3.05) is 19.8 Å². The van der Waals surface area contributed by atoms with Gasteiger partial charge in [0, 0.05) is 19.6 Å². The third-order valence-corrected chi connectivity index (χ3v) is 3.71. The Morgan fingerprint density at radius 2 is 1.89 bits per heavy atom. The Balaban J connectivity index is 2.31. The smallest absolute Gasteiger partial charge is 0.311 e. The minimum atomic E-state index is -0.783. The van der Waals surface area contributed by atoms with Crippen LogP contribution in [0.5, 0.6) is 0 Å². The molecule has 5 heteroatoms. The molecule has 0 radical (unpaired) electrons. The molecular formula is C14H25NO4. The third-order valence-electron chi connectivity index (χ3n) is 3.71. The average Bonchev–Trinajstić information content (AvgIpc) is 2.42. The van der Waals surface area contributed by atoms with E-state index in [1.54, 1.807) is 0 Å². The van der Waals surface area contributed by atoms with Crippen LogP contribution < -0.4 is 5.32 Å². The fraction of sp³-hybridized carbons (Fsp3) is 0.857. The van der Waals surface area contributed by atoms with Gasteiger partial charge in [-0.25, -0.2) is 0 Å². The summed E-state index contributed by atoms with van der Waals surface area (Å²) in [6.07, 6.45) is 5.51. The van der Waals surface area contributed by atoms with Gasteiger partial charge in [-0.15, -0.1) is 0 Å². The summed E-state index contributed by atoms with van der Waals surface area (Å²) >= 11 is 0. The molecule has 0 saturated heterocycles. The molecule has 0 unspecified atom stereocenters. The Kier molecular flexibility index (Phi) is 6.84. The summed E-state index contributed by atoms with van der Waals surface area (Å²) in [7, 11) is 0. The van der Waals surface area contributed by atoms with Crippen molar-refractivity contribution in [3.63, 3.8) is 0 Å². The molecule has 0 aromatic rings. The predicted molar refractivity (Wildman–Crippen MR) is 71.9 cm³/mol. The fourth-order valence-corrected chi connectivity index (χ4v) is 2.46. The number of carboxylic acid groups (broad SMARTS) is 1. The predicted octanol–water partition coefficient (Wildman–Crippen LogP) is 1.95. The largest absolute Gasteiger partial charge is 0.481 e. The maximum atomic E-state index is 11.6. The van der Waals surface area contributed by atoms with Crippen LogP contribution in [0.4, 0.5) is 0 Å². The lowest BCUT2D eigenvalue weighted by molar-refractivity contribution is -0.151. The van der Waals surface area contributed by atoms with Crippen LogP contribution in [0.3, 0.4) is 0 Å². The zero-order chi connectivity index (χ0) is 14.1. The van der Waals surface area contributed by atoms with Crippen molar-refractivity contribution in [3.05, 3.63) is 0 Å². The number of amides is 1. The van der Waals surface area contributed by atoms with Crippen LogP contribution in [0.15, 0.2) is 0 Å². The quantitative estimate of drug-likeness (QED) is 0.662. The Hall–Kier alpha value is -1.10. The van der Waals surface area contributed by atoms with E-state index >= 15 is 0 Å². The van der Waals surface area contributed by atoms with E-state index in [9.17, 15) is 14.7 Å². The van der Waals surface area contributed by atoms with Gasteiger partial charge in [0.15, 0.2) is 0 Å². The highest BCUT2D eigenvalue weighted by molar-refractivity contribution is 5.79. The fourth-order valence-electron chi connectivity index (χ4n) is 2.46. The van der Waals surface area contributed by atoms with Crippen LogP contribution in [-0.2, 0) is 14.3 Å². The molecule has 1 aliphatic rings. The number of carbonyl (C=O) groups excluding carboxylic acids is 1. The summed E-state index contributed by atoms with van der Waals surface area (Å²) in [4.78, 5) is 23.0. The SMILES string of the molecule is CCCOCCC(=O)NCC1(C(=O)O)CCCCC1. The molecule has 1 saturated carbocycles. The van der Waals surface area contributed by atoms with Gasteiger partial charge in [0.05, 0.1) is 12.0 Å². The molecule has 110 valence electrons. The molecule has 2 N–H and O–H groups in total. The van der Waals surface area contributed by atoms with E-state index in [1.165, 1.54) is 0 Å². The lowest BCUT2D eigenvalue weighted by atomic mass is 9.74. The van der Waals surface area contributed by atoms with E-state index in [0.29, 0.717) is 32.5 Å². The maximum Gasteiger partial charge on any atom is 0.311 e. The van der Waals surface area contributed by atoms with Gasteiger partial charge < -0.3 is 15.2 Å². The van der Waals surface area contributed by atoms with Gasteiger partial charge in [0.25, 0.3) is 0 Å². The first-order valence-electron chi connectivity index (χ1n) is 7.18. The molecule has 0 spiro atoms. The second-order valence-corrected chi connectivity index (χ2v) is 5.29. The number of nitrogens with one attached hydrogen (secondary N) is 1. The van der Waals surface area contributed by atoms with E-state index in [4.69, 9.17) is 4.74 Å². The van der Waals surface area contributed by atoms with Gasteiger partial charge in [-0.3, -0.25) is 9.59 Å². The Bertz CT molecular complexity index is 298. The Labute approximate surface area is 114 Å². The summed E-state index contributed by atoms with van der Waals surface area (Å²) in [5.74, 6) is -0.906. The molecule has 0 atom stereocenters. The average molecular weight is 271 g/mol. The van der Waals surface area contributed by atoms with E-state index in [2.05, 4.69) is 5.32 Å². The first-order chi connectivity index (χ1) is 9.10. The number of carboxylic acids is 1. The maximum absolute atomic E-state index is 11.6. The Morgan fingerprint density at radius 1 is 1.21 bits per heavy atom. The van der Waals surface area contributed by atoms with Crippen molar-refractivity contribution < 1.29 is 19.4 Å². The summed E-state index contributed by atoms with van der Waals surface area (Å²) < 4.78 is 5.24. The third kappa shape index (κ3) is 5.19. The van der Waals surface area contributed by atoms with Crippen molar-refractivity contribution in [3.8, 4) is 0 Å². The molecule has 1 rings (SSSR count). The monoisotopic (exact) mass is 271 g/mol. The summed E-state index contributed by atoms with van der Waals surface area (Å²) in [5.41, 5.74) is -0.752. The van der Waals surface area contributed by atoms with E-state index in [-0.39, 0.29) is 12.5 Å². The van der Waals surface area contributed by atoms with Crippen molar-refractivity contribution in [2.24, 2.45) is 5.41 Å². The van der Waals surface area contributed by atoms with Crippen molar-refractivity contribution in [1.29, 1.82) is 0 Å². The van der Waals surface area contributed by atoms with Crippen LogP contribution in [0, 0.1) is 5.41 Å². The molecule has 5 nitrogen and oxygen atoms in total. The number of aliphatic carboxylic acids is 1. The standard InChI is InChI=1S/C14H25NO4/c1-2-9-19-10-6-12(16)15-11-14(13(17)18)7-4-3-5-8-14/h2-11H2,1H3,(H,15,16)(H,17,18). The first-order valence-corrected chi connectivity index (χ1v) is 7.18. The normalized spacial score (nSPS) is 17.9. The van der Waals surface area contributed by atoms with Gasteiger partial charge in [0.2, 0.25) is 5.91 Å². The van der Waals surface area contributed by atoms with E-state index in [0.717, 1.165) is 25.7 Å². The number of carbonyl (C=O) groups is 2. The van der Waals surface area contributed by atoms with Crippen molar-refractivity contribution in [2.45, 2.75) is 51.9 Å². The molecule has 1 amide bonds. The highest BCUT2D eigenvalue weighted by Gasteiger charge is 2.39.